The number of hydrogen-bond donors (Lipinski definition) is 3. The molecule has 0 aliphatic heterocycles. The number of carbonyl (C=O) groups is 1. The monoisotopic (exact) mass is 295 g/mol. The predicted octanol–water partition coefficient (Wildman–Crippen LogP) is 2.48. The summed E-state index contributed by atoms with van der Waals surface area (Å²) in [5.41, 5.74) is -0.0362. The van der Waals surface area contributed by atoms with E-state index in [2.05, 4.69) is 5.32 Å². The average molecular weight is 295 g/mol. The van der Waals surface area contributed by atoms with Gasteiger partial charge in [0.15, 0.2) is 0 Å². The molecule has 2 rings (SSSR count). The predicted molar refractivity (Wildman–Crippen MR) is 77.4 cm³/mol. The van der Waals surface area contributed by atoms with Gasteiger partial charge in [-0.2, -0.15) is 0 Å². The number of rotatable bonds is 5. The van der Waals surface area contributed by atoms with Crippen molar-refractivity contribution in [2.45, 2.75) is 44.2 Å². The molecule has 0 radical (unpaired) electrons. The maximum Gasteiger partial charge on any atom is 0.306 e. The standard InChI is InChI=1S/C16H22FNO3/c1-11(13-3-2-4-14(17)9-13)18-10-16(21)7-5-12(6-8-16)15(19)20/h2-4,9,11-12,18,21H,5-8,10H2,1H3,(H,19,20). The summed E-state index contributed by atoms with van der Waals surface area (Å²) < 4.78 is 13.2. The molecule has 1 aromatic rings. The Hall–Kier alpha value is -1.46. The van der Waals surface area contributed by atoms with Crippen LogP contribution in [-0.2, 0) is 4.79 Å². The van der Waals surface area contributed by atoms with Crippen LogP contribution in [0.4, 0.5) is 4.39 Å². The highest BCUT2D eigenvalue weighted by Gasteiger charge is 2.35. The van der Waals surface area contributed by atoms with Crippen molar-refractivity contribution in [1.82, 2.24) is 5.32 Å². The summed E-state index contributed by atoms with van der Waals surface area (Å²) in [5, 5.41) is 22.7. The van der Waals surface area contributed by atoms with E-state index < -0.39 is 11.6 Å². The summed E-state index contributed by atoms with van der Waals surface area (Å²) >= 11 is 0. The van der Waals surface area contributed by atoms with Crippen LogP contribution in [0, 0.1) is 11.7 Å². The van der Waals surface area contributed by atoms with Crippen LogP contribution in [0.3, 0.4) is 0 Å². The van der Waals surface area contributed by atoms with E-state index in [0.29, 0.717) is 32.2 Å². The maximum atomic E-state index is 13.2. The molecule has 5 heteroatoms. The molecule has 0 saturated heterocycles. The van der Waals surface area contributed by atoms with Crippen molar-refractivity contribution in [1.29, 1.82) is 0 Å². The molecule has 1 aliphatic rings. The van der Waals surface area contributed by atoms with Gasteiger partial charge in [0.1, 0.15) is 5.82 Å². The van der Waals surface area contributed by atoms with Crippen LogP contribution in [0.25, 0.3) is 0 Å². The molecule has 0 heterocycles. The van der Waals surface area contributed by atoms with Crippen LogP contribution in [0.5, 0.6) is 0 Å². The zero-order valence-corrected chi connectivity index (χ0v) is 12.2. The van der Waals surface area contributed by atoms with Crippen molar-refractivity contribution in [3.05, 3.63) is 35.6 Å². The quantitative estimate of drug-likeness (QED) is 0.780. The van der Waals surface area contributed by atoms with E-state index in [4.69, 9.17) is 5.11 Å². The summed E-state index contributed by atoms with van der Waals surface area (Å²) in [5.74, 6) is -1.40. The topological polar surface area (TPSA) is 69.6 Å². The van der Waals surface area contributed by atoms with E-state index in [-0.39, 0.29) is 17.8 Å². The van der Waals surface area contributed by atoms with E-state index in [0.717, 1.165) is 5.56 Å². The van der Waals surface area contributed by atoms with Crippen molar-refractivity contribution in [3.8, 4) is 0 Å². The lowest BCUT2D eigenvalue weighted by molar-refractivity contribution is -0.144. The first-order chi connectivity index (χ1) is 9.89. The number of nitrogens with one attached hydrogen (secondary N) is 1. The number of hydrogen-bond acceptors (Lipinski definition) is 3. The van der Waals surface area contributed by atoms with E-state index >= 15 is 0 Å². The van der Waals surface area contributed by atoms with E-state index in [1.54, 1.807) is 6.07 Å². The minimum atomic E-state index is -0.868. The van der Waals surface area contributed by atoms with Gasteiger partial charge in [-0.3, -0.25) is 4.79 Å². The molecule has 0 bridgehead atoms. The molecule has 0 aromatic heterocycles. The minimum Gasteiger partial charge on any atom is -0.481 e. The van der Waals surface area contributed by atoms with E-state index in [1.165, 1.54) is 12.1 Å². The van der Waals surface area contributed by atoms with Gasteiger partial charge < -0.3 is 15.5 Å². The second-order valence-corrected chi connectivity index (χ2v) is 5.99. The van der Waals surface area contributed by atoms with Crippen LogP contribution in [0.1, 0.15) is 44.2 Å². The summed E-state index contributed by atoms with van der Waals surface area (Å²) in [6.45, 7) is 2.30. The van der Waals surface area contributed by atoms with Crippen molar-refractivity contribution < 1.29 is 19.4 Å². The van der Waals surface area contributed by atoms with Gasteiger partial charge in [-0.1, -0.05) is 12.1 Å². The highest BCUT2D eigenvalue weighted by atomic mass is 19.1. The van der Waals surface area contributed by atoms with Gasteiger partial charge in [0, 0.05) is 12.6 Å². The molecule has 0 amide bonds. The first kappa shape index (κ1) is 15.9. The van der Waals surface area contributed by atoms with Crippen LogP contribution in [-0.4, -0.2) is 28.3 Å². The molecular weight excluding hydrogens is 273 g/mol. The molecule has 116 valence electrons. The Kier molecular flexibility index (Phi) is 4.96. The zero-order valence-electron chi connectivity index (χ0n) is 12.2. The Morgan fingerprint density at radius 2 is 2.14 bits per heavy atom. The fourth-order valence-corrected chi connectivity index (χ4v) is 2.82. The van der Waals surface area contributed by atoms with Gasteiger partial charge in [0.25, 0.3) is 0 Å². The van der Waals surface area contributed by atoms with Crippen molar-refractivity contribution in [2.75, 3.05) is 6.54 Å². The molecule has 1 atom stereocenters. The van der Waals surface area contributed by atoms with Crippen LogP contribution in [0.15, 0.2) is 24.3 Å². The second-order valence-electron chi connectivity index (χ2n) is 5.99. The molecule has 1 aliphatic carbocycles. The lowest BCUT2D eigenvalue weighted by atomic mass is 9.78. The van der Waals surface area contributed by atoms with Crippen LogP contribution >= 0.6 is 0 Å². The fraction of sp³-hybridized carbons (Fsp3) is 0.562. The normalized spacial score (nSPS) is 27.3. The third-order valence-electron chi connectivity index (χ3n) is 4.35. The van der Waals surface area contributed by atoms with Gasteiger partial charge in [0.2, 0.25) is 0 Å². The van der Waals surface area contributed by atoms with Crippen LogP contribution < -0.4 is 5.32 Å². The summed E-state index contributed by atoms with van der Waals surface area (Å²) in [6, 6.07) is 6.31. The molecule has 1 fully saturated rings. The summed E-state index contributed by atoms with van der Waals surface area (Å²) in [6.07, 6.45) is 1.96. The average Bonchev–Trinajstić information content (AvgIpc) is 2.45. The van der Waals surface area contributed by atoms with Gasteiger partial charge >= 0.3 is 5.97 Å². The Morgan fingerprint density at radius 1 is 1.48 bits per heavy atom. The van der Waals surface area contributed by atoms with Gasteiger partial charge in [-0.15, -0.1) is 0 Å². The molecule has 1 aromatic carbocycles. The largest absolute Gasteiger partial charge is 0.481 e. The summed E-state index contributed by atoms with van der Waals surface area (Å²) in [7, 11) is 0. The first-order valence-corrected chi connectivity index (χ1v) is 7.34. The van der Waals surface area contributed by atoms with Gasteiger partial charge in [0.05, 0.1) is 11.5 Å². The molecule has 1 unspecified atom stereocenters. The van der Waals surface area contributed by atoms with E-state index in [1.807, 2.05) is 13.0 Å². The van der Waals surface area contributed by atoms with Crippen molar-refractivity contribution in [3.63, 3.8) is 0 Å². The van der Waals surface area contributed by atoms with Crippen molar-refractivity contribution in [2.24, 2.45) is 5.92 Å². The number of carboxylic acids is 1. The highest BCUT2D eigenvalue weighted by Crippen LogP contribution is 2.32. The third-order valence-corrected chi connectivity index (χ3v) is 4.35. The van der Waals surface area contributed by atoms with E-state index in [9.17, 15) is 14.3 Å². The Balaban J connectivity index is 1.86. The number of benzene rings is 1. The molecule has 1 saturated carbocycles. The number of halogens is 1. The zero-order chi connectivity index (χ0) is 15.5. The lowest BCUT2D eigenvalue weighted by Crippen LogP contribution is -2.45. The second kappa shape index (κ2) is 6.54. The number of carboxylic acid groups (broad SMARTS) is 1. The van der Waals surface area contributed by atoms with Gasteiger partial charge in [-0.25, -0.2) is 4.39 Å². The van der Waals surface area contributed by atoms with Crippen LogP contribution in [0.2, 0.25) is 0 Å². The SMILES string of the molecule is CC(NCC1(O)CCC(C(=O)O)CC1)c1cccc(F)c1. The lowest BCUT2D eigenvalue weighted by Gasteiger charge is -2.35. The smallest absolute Gasteiger partial charge is 0.306 e. The van der Waals surface area contributed by atoms with Gasteiger partial charge in [-0.05, 0) is 50.3 Å². The Labute approximate surface area is 124 Å². The number of aliphatic carboxylic acids is 1. The number of aliphatic hydroxyl groups is 1. The highest BCUT2D eigenvalue weighted by molar-refractivity contribution is 5.70. The fourth-order valence-electron chi connectivity index (χ4n) is 2.82. The molecule has 3 N–H and O–H groups in total. The van der Waals surface area contributed by atoms with Crippen molar-refractivity contribution >= 4 is 5.97 Å². The molecule has 4 nitrogen and oxygen atoms in total. The maximum absolute atomic E-state index is 13.2. The summed E-state index contributed by atoms with van der Waals surface area (Å²) in [4.78, 5) is 10.9. The molecule has 21 heavy (non-hydrogen) atoms. The minimum absolute atomic E-state index is 0.0677. The molecule has 0 spiro atoms. The Morgan fingerprint density at radius 3 is 2.71 bits per heavy atom. The molecular formula is C16H22FNO3. The Bertz CT molecular complexity index is 498. The first-order valence-electron chi connectivity index (χ1n) is 7.34. The third kappa shape index (κ3) is 4.25.